The highest BCUT2D eigenvalue weighted by Gasteiger charge is 2.15. The smallest absolute Gasteiger partial charge is 0.164 e. The maximum absolute atomic E-state index is 5.50. The summed E-state index contributed by atoms with van der Waals surface area (Å²) in [5.74, 6) is 2.10. The minimum absolute atomic E-state index is 0.116. The van der Waals surface area contributed by atoms with Crippen LogP contribution in [-0.4, -0.2) is 26.3 Å². The molecule has 1 aromatic heterocycles. The van der Waals surface area contributed by atoms with E-state index in [-0.39, 0.29) is 6.04 Å². The van der Waals surface area contributed by atoms with Crippen molar-refractivity contribution in [3.63, 3.8) is 0 Å². The first-order valence-electron chi connectivity index (χ1n) is 8.69. The number of hydrogen-bond donors (Lipinski definition) is 1. The van der Waals surface area contributed by atoms with Gasteiger partial charge in [-0.05, 0) is 13.0 Å². The number of methoxy groups -OCH3 is 3. The Kier molecular flexibility index (Phi) is 6.32. The van der Waals surface area contributed by atoms with Crippen molar-refractivity contribution in [2.45, 2.75) is 19.5 Å². The molecular formula is C21H24N2O3S. The normalized spacial score (nSPS) is 11.9. The molecule has 0 aliphatic carbocycles. The zero-order valence-corrected chi connectivity index (χ0v) is 16.8. The Labute approximate surface area is 163 Å². The Morgan fingerprint density at radius 1 is 0.963 bits per heavy atom. The molecule has 0 spiro atoms. The number of rotatable bonds is 8. The van der Waals surface area contributed by atoms with Gasteiger partial charge < -0.3 is 19.5 Å². The largest absolute Gasteiger partial charge is 0.496 e. The van der Waals surface area contributed by atoms with E-state index in [0.717, 1.165) is 27.6 Å². The molecule has 0 aliphatic heterocycles. The van der Waals surface area contributed by atoms with Crippen LogP contribution in [0.4, 0.5) is 0 Å². The summed E-state index contributed by atoms with van der Waals surface area (Å²) in [4.78, 5) is 4.78. The highest BCUT2D eigenvalue weighted by Crippen LogP contribution is 2.35. The first kappa shape index (κ1) is 19.2. The molecule has 1 atom stereocenters. The molecule has 0 saturated heterocycles. The zero-order chi connectivity index (χ0) is 19.2. The van der Waals surface area contributed by atoms with Crippen molar-refractivity contribution in [2.75, 3.05) is 21.3 Å². The number of thiazole rings is 1. The van der Waals surface area contributed by atoms with E-state index in [4.69, 9.17) is 19.2 Å². The van der Waals surface area contributed by atoms with Crippen molar-refractivity contribution in [2.24, 2.45) is 0 Å². The van der Waals surface area contributed by atoms with Gasteiger partial charge in [0, 0.05) is 29.1 Å². The zero-order valence-electron chi connectivity index (χ0n) is 16.0. The lowest BCUT2D eigenvalue weighted by Crippen LogP contribution is -2.18. The van der Waals surface area contributed by atoms with Crippen LogP contribution in [0.3, 0.4) is 0 Å². The van der Waals surface area contributed by atoms with E-state index in [9.17, 15) is 0 Å². The van der Waals surface area contributed by atoms with Crippen LogP contribution in [0.15, 0.2) is 47.8 Å². The third-order valence-electron chi connectivity index (χ3n) is 4.35. The predicted molar refractivity (Wildman–Crippen MR) is 109 cm³/mol. The van der Waals surface area contributed by atoms with Crippen molar-refractivity contribution in [3.8, 4) is 28.5 Å². The quantitative estimate of drug-likeness (QED) is 0.611. The predicted octanol–water partition coefficient (Wildman–Crippen LogP) is 4.69. The highest BCUT2D eigenvalue weighted by atomic mass is 32.1. The fourth-order valence-electron chi connectivity index (χ4n) is 2.81. The molecule has 1 N–H and O–H groups in total. The van der Waals surface area contributed by atoms with Gasteiger partial charge in [0.2, 0.25) is 0 Å². The van der Waals surface area contributed by atoms with Crippen LogP contribution in [-0.2, 0) is 6.54 Å². The first-order valence-corrected chi connectivity index (χ1v) is 9.57. The molecule has 0 amide bonds. The number of hydrogen-bond acceptors (Lipinski definition) is 6. The SMILES string of the molecule is COc1cc(OC)c(OC)cc1CNC(C)c1nc(-c2ccccc2)cs1. The minimum Gasteiger partial charge on any atom is -0.496 e. The molecule has 0 aliphatic rings. The van der Waals surface area contributed by atoms with Gasteiger partial charge in [-0.15, -0.1) is 11.3 Å². The Hall–Kier alpha value is -2.57. The van der Waals surface area contributed by atoms with Crippen LogP contribution in [0.2, 0.25) is 0 Å². The number of aromatic nitrogens is 1. The van der Waals surface area contributed by atoms with Crippen LogP contribution in [0, 0.1) is 0 Å². The van der Waals surface area contributed by atoms with Crippen LogP contribution in [0.25, 0.3) is 11.3 Å². The fourth-order valence-corrected chi connectivity index (χ4v) is 3.67. The van der Waals surface area contributed by atoms with Gasteiger partial charge in [0.1, 0.15) is 10.8 Å². The highest BCUT2D eigenvalue weighted by molar-refractivity contribution is 7.10. The Bertz CT molecular complexity index is 880. The molecular weight excluding hydrogens is 360 g/mol. The van der Waals surface area contributed by atoms with E-state index >= 15 is 0 Å². The van der Waals surface area contributed by atoms with Crippen molar-refractivity contribution in [1.82, 2.24) is 10.3 Å². The van der Waals surface area contributed by atoms with Crippen LogP contribution < -0.4 is 19.5 Å². The Balaban J connectivity index is 1.72. The summed E-state index contributed by atoms with van der Waals surface area (Å²) in [5.41, 5.74) is 3.14. The monoisotopic (exact) mass is 384 g/mol. The van der Waals surface area contributed by atoms with Crippen molar-refractivity contribution < 1.29 is 14.2 Å². The second-order valence-corrected chi connectivity index (χ2v) is 6.95. The summed E-state index contributed by atoms with van der Waals surface area (Å²) in [6.45, 7) is 2.74. The lowest BCUT2D eigenvalue weighted by molar-refractivity contribution is 0.346. The second kappa shape index (κ2) is 8.88. The van der Waals surface area contributed by atoms with E-state index in [1.807, 2.05) is 30.3 Å². The molecule has 0 saturated carbocycles. The molecule has 2 aromatic carbocycles. The molecule has 1 unspecified atom stereocenters. The van der Waals surface area contributed by atoms with Crippen LogP contribution in [0.5, 0.6) is 17.2 Å². The van der Waals surface area contributed by atoms with Gasteiger partial charge in [-0.1, -0.05) is 30.3 Å². The average Bonchev–Trinajstić information content (AvgIpc) is 3.22. The van der Waals surface area contributed by atoms with Gasteiger partial charge in [0.05, 0.1) is 33.1 Å². The summed E-state index contributed by atoms with van der Waals surface area (Å²) in [7, 11) is 4.90. The maximum atomic E-state index is 5.50. The van der Waals surface area contributed by atoms with Gasteiger partial charge in [-0.3, -0.25) is 0 Å². The van der Waals surface area contributed by atoms with E-state index < -0.39 is 0 Å². The molecule has 0 bridgehead atoms. The van der Waals surface area contributed by atoms with Crippen molar-refractivity contribution in [1.29, 1.82) is 0 Å². The number of nitrogens with one attached hydrogen (secondary N) is 1. The summed E-state index contributed by atoms with van der Waals surface area (Å²) in [5, 5.41) is 6.66. The van der Waals surface area contributed by atoms with E-state index in [2.05, 4.69) is 29.8 Å². The Morgan fingerprint density at radius 3 is 2.30 bits per heavy atom. The maximum Gasteiger partial charge on any atom is 0.164 e. The van der Waals surface area contributed by atoms with Gasteiger partial charge >= 0.3 is 0 Å². The first-order chi connectivity index (χ1) is 13.2. The van der Waals surface area contributed by atoms with Crippen molar-refractivity contribution >= 4 is 11.3 Å². The Morgan fingerprint density at radius 2 is 1.63 bits per heavy atom. The van der Waals surface area contributed by atoms with Crippen LogP contribution >= 0.6 is 11.3 Å². The lowest BCUT2D eigenvalue weighted by atomic mass is 10.1. The molecule has 3 aromatic rings. The van der Waals surface area contributed by atoms with Crippen LogP contribution in [0.1, 0.15) is 23.5 Å². The van der Waals surface area contributed by atoms with Gasteiger partial charge in [-0.2, -0.15) is 0 Å². The molecule has 0 fully saturated rings. The fraction of sp³-hybridized carbons (Fsp3) is 0.286. The molecule has 3 rings (SSSR count). The molecule has 5 nitrogen and oxygen atoms in total. The molecule has 142 valence electrons. The lowest BCUT2D eigenvalue weighted by Gasteiger charge is -2.16. The topological polar surface area (TPSA) is 52.6 Å². The third kappa shape index (κ3) is 4.40. The average molecular weight is 385 g/mol. The van der Waals surface area contributed by atoms with E-state index in [0.29, 0.717) is 18.0 Å². The molecule has 1 heterocycles. The summed E-state index contributed by atoms with van der Waals surface area (Å²) in [6.07, 6.45) is 0. The van der Waals surface area contributed by atoms with E-state index in [1.165, 1.54) is 0 Å². The summed E-state index contributed by atoms with van der Waals surface area (Å²) in [6, 6.07) is 14.1. The number of benzene rings is 2. The van der Waals surface area contributed by atoms with E-state index in [1.54, 1.807) is 32.7 Å². The second-order valence-electron chi connectivity index (χ2n) is 6.06. The van der Waals surface area contributed by atoms with Gasteiger partial charge in [0.15, 0.2) is 11.5 Å². The van der Waals surface area contributed by atoms with Gasteiger partial charge in [0.25, 0.3) is 0 Å². The minimum atomic E-state index is 0.116. The number of nitrogens with zero attached hydrogens (tertiary/aromatic N) is 1. The molecule has 0 radical (unpaired) electrons. The third-order valence-corrected chi connectivity index (χ3v) is 5.37. The van der Waals surface area contributed by atoms with Crippen molar-refractivity contribution in [3.05, 3.63) is 58.4 Å². The summed E-state index contributed by atoms with van der Waals surface area (Å²) >= 11 is 1.66. The molecule has 6 heteroatoms. The standard InChI is InChI=1S/C21H24N2O3S/c1-14(21-23-17(13-27-21)15-8-6-5-7-9-15)22-12-16-10-19(25-3)20(26-4)11-18(16)24-2/h5-11,13-14,22H,12H2,1-4H3. The number of ether oxygens (including phenoxy) is 3. The van der Waals surface area contributed by atoms with Gasteiger partial charge in [-0.25, -0.2) is 4.98 Å². The summed E-state index contributed by atoms with van der Waals surface area (Å²) < 4.78 is 16.2. The molecule has 27 heavy (non-hydrogen) atoms.